The third kappa shape index (κ3) is 5.75. The van der Waals surface area contributed by atoms with Gasteiger partial charge < -0.3 is 25.0 Å². The van der Waals surface area contributed by atoms with Gasteiger partial charge in [-0.15, -0.1) is 6.58 Å². The summed E-state index contributed by atoms with van der Waals surface area (Å²) >= 11 is 0. The van der Waals surface area contributed by atoms with E-state index in [4.69, 9.17) is 4.74 Å². The van der Waals surface area contributed by atoms with E-state index in [0.29, 0.717) is 6.54 Å². The van der Waals surface area contributed by atoms with Crippen LogP contribution in [0.2, 0.25) is 0 Å². The largest absolute Gasteiger partial charge is 0.491 e. The lowest BCUT2D eigenvalue weighted by molar-refractivity contribution is 0.117. The summed E-state index contributed by atoms with van der Waals surface area (Å²) in [4.78, 5) is 4.76. The van der Waals surface area contributed by atoms with E-state index in [1.807, 2.05) is 30.3 Å². The molecule has 28 heavy (non-hydrogen) atoms. The van der Waals surface area contributed by atoms with Crippen LogP contribution in [0.3, 0.4) is 0 Å². The first-order valence-corrected chi connectivity index (χ1v) is 9.93. The molecule has 1 heterocycles. The number of piperazine rings is 1. The highest BCUT2D eigenvalue weighted by atomic mass is 16.5. The molecule has 0 saturated carbocycles. The summed E-state index contributed by atoms with van der Waals surface area (Å²) in [5.74, 6) is 0.804. The van der Waals surface area contributed by atoms with Crippen molar-refractivity contribution in [3.63, 3.8) is 0 Å². The second kappa shape index (κ2) is 10.2. The van der Waals surface area contributed by atoms with Crippen molar-refractivity contribution in [1.82, 2.24) is 4.90 Å². The van der Waals surface area contributed by atoms with Crippen molar-refractivity contribution in [3.05, 3.63) is 66.7 Å². The zero-order valence-corrected chi connectivity index (χ0v) is 16.7. The third-order valence-corrected chi connectivity index (χ3v) is 5.05. The van der Waals surface area contributed by atoms with Crippen LogP contribution in [-0.4, -0.2) is 62.5 Å². The van der Waals surface area contributed by atoms with Gasteiger partial charge in [0.2, 0.25) is 0 Å². The number of nitrogens with one attached hydrogen (secondary N) is 1. The lowest BCUT2D eigenvalue weighted by atomic mass is 10.1. The summed E-state index contributed by atoms with van der Waals surface area (Å²) in [6.07, 6.45) is 2.02. The molecule has 1 unspecified atom stereocenters. The molecule has 2 aromatic carbocycles. The van der Waals surface area contributed by atoms with Gasteiger partial charge in [0.25, 0.3) is 0 Å². The molecule has 1 aliphatic rings. The minimum atomic E-state index is -0.589. The molecule has 0 aliphatic carbocycles. The van der Waals surface area contributed by atoms with E-state index in [1.54, 1.807) is 0 Å². The van der Waals surface area contributed by atoms with Gasteiger partial charge in [-0.1, -0.05) is 24.3 Å². The number of rotatable bonds is 9. The van der Waals surface area contributed by atoms with Crippen LogP contribution in [0.5, 0.6) is 5.75 Å². The fourth-order valence-corrected chi connectivity index (χ4v) is 3.30. The maximum atomic E-state index is 10.3. The highest BCUT2D eigenvalue weighted by molar-refractivity contribution is 5.55. The molecule has 0 spiro atoms. The monoisotopic (exact) mass is 381 g/mol. The third-order valence-electron chi connectivity index (χ3n) is 5.05. The van der Waals surface area contributed by atoms with Gasteiger partial charge in [0, 0.05) is 44.1 Å². The van der Waals surface area contributed by atoms with Gasteiger partial charge in [-0.25, -0.2) is 0 Å². The molecule has 1 saturated heterocycles. The number of anilines is 2. The number of nitrogens with zero attached hydrogens (tertiary/aromatic N) is 2. The first kappa shape index (κ1) is 20.2. The summed E-state index contributed by atoms with van der Waals surface area (Å²) in [5.41, 5.74) is 3.34. The predicted octanol–water partition coefficient (Wildman–Crippen LogP) is 3.02. The van der Waals surface area contributed by atoms with Crippen LogP contribution in [0, 0.1) is 0 Å². The Bertz CT molecular complexity index is 740. The van der Waals surface area contributed by atoms with Crippen molar-refractivity contribution >= 4 is 11.4 Å². The molecular formula is C23H31N3O2. The molecule has 1 atom stereocenters. The molecular weight excluding hydrogens is 350 g/mol. The quantitative estimate of drug-likeness (QED) is 0.654. The van der Waals surface area contributed by atoms with Crippen LogP contribution in [0.1, 0.15) is 5.56 Å². The number of aliphatic hydroxyl groups is 1. The van der Waals surface area contributed by atoms with E-state index in [1.165, 1.54) is 5.69 Å². The number of ether oxygens (including phenoxy) is 1. The lowest BCUT2D eigenvalue weighted by Gasteiger charge is -2.34. The predicted molar refractivity (Wildman–Crippen MR) is 116 cm³/mol. The number of aliphatic hydroxyl groups excluding tert-OH is 1. The molecule has 5 nitrogen and oxygen atoms in total. The number of hydrogen-bond acceptors (Lipinski definition) is 5. The molecule has 150 valence electrons. The average molecular weight is 382 g/mol. The maximum absolute atomic E-state index is 10.3. The Kier molecular flexibility index (Phi) is 7.34. The standard InChI is InChI=1S/C23H31N3O2/c1-3-6-19-7-4-5-8-23(19)28-18-22(27)17-24-20-9-11-21(12-10-20)26-15-13-25(2)14-16-26/h3-5,7-12,22,24,27H,1,6,13-18H2,2H3. The second-order valence-corrected chi connectivity index (χ2v) is 7.28. The number of para-hydroxylation sites is 1. The molecule has 2 aromatic rings. The van der Waals surface area contributed by atoms with Crippen molar-refractivity contribution in [1.29, 1.82) is 0 Å². The van der Waals surface area contributed by atoms with E-state index in [-0.39, 0.29) is 6.61 Å². The molecule has 1 fully saturated rings. The minimum Gasteiger partial charge on any atom is -0.491 e. The van der Waals surface area contributed by atoms with E-state index in [0.717, 1.165) is 49.6 Å². The van der Waals surface area contributed by atoms with Gasteiger partial charge in [-0.3, -0.25) is 0 Å². The van der Waals surface area contributed by atoms with Gasteiger partial charge in [-0.05, 0) is 49.4 Å². The molecule has 0 bridgehead atoms. The highest BCUT2D eigenvalue weighted by Crippen LogP contribution is 2.20. The van der Waals surface area contributed by atoms with Crippen molar-refractivity contribution in [2.45, 2.75) is 12.5 Å². The van der Waals surface area contributed by atoms with Crippen LogP contribution in [0.15, 0.2) is 61.2 Å². The van der Waals surface area contributed by atoms with Gasteiger partial charge in [0.05, 0.1) is 0 Å². The number of likely N-dealkylation sites (N-methyl/N-ethyl adjacent to an activating group) is 1. The Morgan fingerprint density at radius 1 is 1.11 bits per heavy atom. The Morgan fingerprint density at radius 2 is 1.82 bits per heavy atom. The second-order valence-electron chi connectivity index (χ2n) is 7.28. The van der Waals surface area contributed by atoms with Crippen molar-refractivity contribution < 1.29 is 9.84 Å². The van der Waals surface area contributed by atoms with Crippen LogP contribution in [0.4, 0.5) is 11.4 Å². The average Bonchev–Trinajstić information content (AvgIpc) is 2.73. The fraction of sp³-hybridized carbons (Fsp3) is 0.391. The summed E-state index contributed by atoms with van der Waals surface area (Å²) in [7, 11) is 2.16. The summed E-state index contributed by atoms with van der Waals surface area (Å²) in [6, 6.07) is 16.3. The molecule has 3 rings (SSSR count). The van der Waals surface area contributed by atoms with E-state index >= 15 is 0 Å². The van der Waals surface area contributed by atoms with E-state index < -0.39 is 6.10 Å². The van der Waals surface area contributed by atoms with Crippen LogP contribution in [-0.2, 0) is 6.42 Å². The topological polar surface area (TPSA) is 48.0 Å². The smallest absolute Gasteiger partial charge is 0.122 e. The summed E-state index contributed by atoms with van der Waals surface area (Å²) < 4.78 is 5.80. The van der Waals surface area contributed by atoms with Crippen molar-refractivity contribution in [3.8, 4) is 5.75 Å². The Morgan fingerprint density at radius 3 is 2.54 bits per heavy atom. The van der Waals surface area contributed by atoms with E-state index in [9.17, 15) is 5.11 Å². The molecule has 1 aliphatic heterocycles. The van der Waals surface area contributed by atoms with Crippen molar-refractivity contribution in [2.75, 3.05) is 56.6 Å². The summed E-state index contributed by atoms with van der Waals surface area (Å²) in [6.45, 7) is 8.79. The zero-order chi connectivity index (χ0) is 19.8. The number of benzene rings is 2. The number of hydrogen-bond donors (Lipinski definition) is 2. The van der Waals surface area contributed by atoms with Gasteiger partial charge >= 0.3 is 0 Å². The molecule has 0 amide bonds. The molecule has 5 heteroatoms. The van der Waals surface area contributed by atoms with Crippen LogP contribution in [0.25, 0.3) is 0 Å². The SMILES string of the molecule is C=CCc1ccccc1OCC(O)CNc1ccc(N2CCN(C)CC2)cc1. The molecule has 0 radical (unpaired) electrons. The van der Waals surface area contributed by atoms with Gasteiger partial charge in [0.15, 0.2) is 0 Å². The maximum Gasteiger partial charge on any atom is 0.122 e. The summed E-state index contributed by atoms with van der Waals surface area (Å²) in [5, 5.41) is 13.5. The Hall–Kier alpha value is -2.50. The fourth-order valence-electron chi connectivity index (χ4n) is 3.30. The van der Waals surface area contributed by atoms with E-state index in [2.05, 4.69) is 53.0 Å². The van der Waals surface area contributed by atoms with Gasteiger partial charge in [0.1, 0.15) is 18.5 Å². The first-order valence-electron chi connectivity index (χ1n) is 9.93. The zero-order valence-electron chi connectivity index (χ0n) is 16.7. The van der Waals surface area contributed by atoms with Crippen LogP contribution >= 0.6 is 0 Å². The first-order chi connectivity index (χ1) is 13.7. The molecule has 2 N–H and O–H groups in total. The Balaban J connectivity index is 1.44. The normalized spacial score (nSPS) is 15.9. The Labute approximate surface area is 168 Å². The van der Waals surface area contributed by atoms with Crippen molar-refractivity contribution in [2.24, 2.45) is 0 Å². The minimum absolute atomic E-state index is 0.251. The van der Waals surface area contributed by atoms with Crippen LogP contribution < -0.4 is 15.0 Å². The lowest BCUT2D eigenvalue weighted by Crippen LogP contribution is -2.44. The highest BCUT2D eigenvalue weighted by Gasteiger charge is 2.14. The molecule has 0 aromatic heterocycles. The van der Waals surface area contributed by atoms with Gasteiger partial charge in [-0.2, -0.15) is 0 Å². The number of allylic oxidation sites excluding steroid dienone is 1.